The summed E-state index contributed by atoms with van der Waals surface area (Å²) in [6.07, 6.45) is 5.30. The van der Waals surface area contributed by atoms with Crippen molar-refractivity contribution in [1.29, 1.82) is 0 Å². The molecule has 0 amide bonds. The van der Waals surface area contributed by atoms with Crippen molar-refractivity contribution in [2.24, 2.45) is 5.16 Å². The van der Waals surface area contributed by atoms with Crippen LogP contribution in [0.4, 0.5) is 0 Å². The maximum atomic E-state index is 9.21. The number of fused-ring (bicyclic) bond motifs is 1. The highest BCUT2D eigenvalue weighted by Gasteiger charge is 2.22. The van der Waals surface area contributed by atoms with E-state index in [2.05, 4.69) is 38.6 Å². The Morgan fingerprint density at radius 1 is 1.00 bits per heavy atom. The summed E-state index contributed by atoms with van der Waals surface area (Å²) in [5.74, 6) is 1.87. The van der Waals surface area contributed by atoms with Crippen LogP contribution in [0.1, 0.15) is 23.3 Å². The zero-order valence-corrected chi connectivity index (χ0v) is 16.3. The minimum Gasteiger partial charge on any atom is -0.459 e. The standard InChI is InChI=1S/C23H24N4O2/c28-26-22-4-2-17-13-18(1-3-20(17)22)23-21(16-5-7-24-8-6-16)14-19(29-23)15-27-11-9-25-10-12-27/h1,3,5-8,13-14,25,28H,2,4,9-12,15H2/b26-22+. The molecule has 2 N–H and O–H groups in total. The van der Waals surface area contributed by atoms with Gasteiger partial charge in [-0.25, -0.2) is 0 Å². The van der Waals surface area contributed by atoms with E-state index in [4.69, 9.17) is 4.42 Å². The van der Waals surface area contributed by atoms with E-state index in [0.29, 0.717) is 0 Å². The Hall–Kier alpha value is -2.96. The molecule has 5 rings (SSSR count). The zero-order chi connectivity index (χ0) is 19.6. The summed E-state index contributed by atoms with van der Waals surface area (Å²) in [6.45, 7) is 4.91. The van der Waals surface area contributed by atoms with Crippen LogP contribution < -0.4 is 5.32 Å². The maximum Gasteiger partial charge on any atom is 0.142 e. The summed E-state index contributed by atoms with van der Waals surface area (Å²) in [5, 5.41) is 16.0. The van der Waals surface area contributed by atoms with E-state index in [1.165, 1.54) is 5.56 Å². The van der Waals surface area contributed by atoms with Crippen LogP contribution in [0.5, 0.6) is 0 Å². The molecule has 6 nitrogen and oxygen atoms in total. The molecule has 0 unspecified atom stereocenters. The van der Waals surface area contributed by atoms with Crippen molar-refractivity contribution in [2.45, 2.75) is 19.4 Å². The number of nitrogens with one attached hydrogen (secondary N) is 1. The van der Waals surface area contributed by atoms with E-state index < -0.39 is 0 Å². The van der Waals surface area contributed by atoms with E-state index in [0.717, 1.165) is 85.1 Å². The van der Waals surface area contributed by atoms with Crippen molar-refractivity contribution in [1.82, 2.24) is 15.2 Å². The molecule has 3 aromatic rings. The Morgan fingerprint density at radius 2 is 1.83 bits per heavy atom. The fourth-order valence-corrected chi connectivity index (χ4v) is 4.28. The second kappa shape index (κ2) is 7.81. The monoisotopic (exact) mass is 388 g/mol. The van der Waals surface area contributed by atoms with Crippen molar-refractivity contribution < 1.29 is 9.62 Å². The Balaban J connectivity index is 1.54. The molecule has 0 spiro atoms. The van der Waals surface area contributed by atoms with Crippen molar-refractivity contribution in [3.8, 4) is 22.5 Å². The van der Waals surface area contributed by atoms with Crippen LogP contribution in [0.2, 0.25) is 0 Å². The summed E-state index contributed by atoms with van der Waals surface area (Å²) in [7, 11) is 0. The number of benzene rings is 1. The number of oxime groups is 1. The molecule has 0 saturated carbocycles. The summed E-state index contributed by atoms with van der Waals surface area (Å²) in [5.41, 5.74) is 6.25. The Labute approximate surface area is 169 Å². The Morgan fingerprint density at radius 3 is 2.62 bits per heavy atom. The SMILES string of the molecule is O/N=C1\CCc2cc(-c3oc(CN4CCNCC4)cc3-c3ccncc3)ccc21. The van der Waals surface area contributed by atoms with Crippen LogP contribution in [-0.2, 0) is 13.0 Å². The first kappa shape index (κ1) is 18.1. The minimum absolute atomic E-state index is 0.764. The molecular formula is C23H24N4O2. The van der Waals surface area contributed by atoms with E-state index in [-0.39, 0.29) is 0 Å². The lowest BCUT2D eigenvalue weighted by Crippen LogP contribution is -2.42. The summed E-state index contributed by atoms with van der Waals surface area (Å²) >= 11 is 0. The number of rotatable bonds is 4. The number of hydrogen-bond acceptors (Lipinski definition) is 6. The van der Waals surface area contributed by atoms with Gasteiger partial charge in [-0.3, -0.25) is 9.88 Å². The molecule has 3 heterocycles. The second-order valence-electron chi connectivity index (χ2n) is 7.64. The average molecular weight is 388 g/mol. The molecule has 0 bridgehead atoms. The van der Waals surface area contributed by atoms with Crippen molar-refractivity contribution >= 4 is 5.71 Å². The van der Waals surface area contributed by atoms with Gasteiger partial charge in [-0.2, -0.15) is 0 Å². The van der Waals surface area contributed by atoms with Crippen LogP contribution in [0, 0.1) is 0 Å². The lowest BCUT2D eigenvalue weighted by molar-refractivity contribution is 0.217. The van der Waals surface area contributed by atoms with Crippen LogP contribution in [0.25, 0.3) is 22.5 Å². The first-order valence-corrected chi connectivity index (χ1v) is 10.1. The number of pyridine rings is 1. The average Bonchev–Trinajstić information content (AvgIpc) is 3.38. The predicted molar refractivity (Wildman–Crippen MR) is 112 cm³/mol. The number of aromatic nitrogens is 1. The van der Waals surface area contributed by atoms with Gasteiger partial charge < -0.3 is 14.9 Å². The molecule has 1 fully saturated rings. The number of piperazine rings is 1. The summed E-state index contributed by atoms with van der Waals surface area (Å²) in [6, 6.07) is 12.5. The van der Waals surface area contributed by atoms with Crippen molar-refractivity contribution in [3.05, 3.63) is 65.7 Å². The fourth-order valence-electron chi connectivity index (χ4n) is 4.28. The number of nitrogens with zero attached hydrogens (tertiary/aromatic N) is 3. The van der Waals surface area contributed by atoms with E-state index in [1.54, 1.807) is 0 Å². The summed E-state index contributed by atoms with van der Waals surface area (Å²) in [4.78, 5) is 6.57. The highest BCUT2D eigenvalue weighted by Crippen LogP contribution is 2.37. The number of hydrogen-bond donors (Lipinski definition) is 2. The van der Waals surface area contributed by atoms with Gasteiger partial charge in [0.2, 0.25) is 0 Å². The van der Waals surface area contributed by atoms with Gasteiger partial charge in [0.25, 0.3) is 0 Å². The van der Waals surface area contributed by atoms with Crippen molar-refractivity contribution in [2.75, 3.05) is 26.2 Å². The molecule has 2 aromatic heterocycles. The van der Waals surface area contributed by atoms with E-state index >= 15 is 0 Å². The van der Waals surface area contributed by atoms with Gasteiger partial charge in [0, 0.05) is 55.3 Å². The number of furan rings is 1. The first-order valence-electron chi connectivity index (χ1n) is 10.1. The van der Waals surface area contributed by atoms with E-state index in [9.17, 15) is 5.21 Å². The second-order valence-corrected chi connectivity index (χ2v) is 7.64. The number of aryl methyl sites for hydroxylation is 1. The highest BCUT2D eigenvalue weighted by atomic mass is 16.4. The molecule has 1 aromatic carbocycles. The van der Waals surface area contributed by atoms with Crippen LogP contribution in [0.3, 0.4) is 0 Å². The van der Waals surface area contributed by atoms with Gasteiger partial charge in [0.05, 0.1) is 12.3 Å². The molecule has 1 aliphatic heterocycles. The third-order valence-electron chi connectivity index (χ3n) is 5.79. The summed E-state index contributed by atoms with van der Waals surface area (Å²) < 4.78 is 6.41. The van der Waals surface area contributed by atoms with Gasteiger partial charge >= 0.3 is 0 Å². The highest BCUT2D eigenvalue weighted by molar-refractivity contribution is 6.04. The molecular weight excluding hydrogens is 364 g/mol. The Bertz CT molecular complexity index is 1040. The molecule has 0 atom stereocenters. The van der Waals surface area contributed by atoms with Gasteiger partial charge in [0.15, 0.2) is 0 Å². The molecule has 148 valence electrons. The lowest BCUT2D eigenvalue weighted by Gasteiger charge is -2.26. The van der Waals surface area contributed by atoms with Gasteiger partial charge in [0.1, 0.15) is 11.5 Å². The predicted octanol–water partition coefficient (Wildman–Crippen LogP) is 3.54. The molecule has 29 heavy (non-hydrogen) atoms. The molecule has 2 aliphatic rings. The van der Waals surface area contributed by atoms with Crippen LogP contribution in [-0.4, -0.2) is 47.0 Å². The van der Waals surface area contributed by atoms with Gasteiger partial charge in [-0.05, 0) is 48.2 Å². The maximum absolute atomic E-state index is 9.21. The largest absolute Gasteiger partial charge is 0.459 e. The molecule has 1 aliphatic carbocycles. The van der Waals surface area contributed by atoms with Crippen molar-refractivity contribution in [3.63, 3.8) is 0 Å². The lowest BCUT2D eigenvalue weighted by atomic mass is 9.99. The zero-order valence-electron chi connectivity index (χ0n) is 16.3. The third kappa shape index (κ3) is 3.57. The van der Waals surface area contributed by atoms with Crippen LogP contribution in [0.15, 0.2) is 58.4 Å². The normalized spacial score (nSPS) is 18.3. The molecule has 6 heteroatoms. The first-order chi connectivity index (χ1) is 14.3. The molecule has 0 radical (unpaired) electrons. The van der Waals surface area contributed by atoms with Gasteiger partial charge in [-0.15, -0.1) is 0 Å². The quantitative estimate of drug-likeness (QED) is 0.528. The van der Waals surface area contributed by atoms with E-state index in [1.807, 2.05) is 30.6 Å². The Kier molecular flexibility index (Phi) is 4.87. The van der Waals surface area contributed by atoms with Gasteiger partial charge in [-0.1, -0.05) is 17.3 Å². The molecule has 1 saturated heterocycles. The third-order valence-corrected chi connectivity index (χ3v) is 5.79. The smallest absolute Gasteiger partial charge is 0.142 e. The van der Waals surface area contributed by atoms with Crippen LogP contribution >= 0.6 is 0 Å². The topological polar surface area (TPSA) is 73.9 Å². The fraction of sp³-hybridized carbons (Fsp3) is 0.304. The minimum atomic E-state index is 0.764.